The van der Waals surface area contributed by atoms with E-state index in [4.69, 9.17) is 4.74 Å². The quantitative estimate of drug-likeness (QED) is 0.862. The highest BCUT2D eigenvalue weighted by atomic mass is 16.5. The average molecular weight is 329 g/mol. The third-order valence-corrected chi connectivity index (χ3v) is 5.24. The van der Waals surface area contributed by atoms with Crippen LogP contribution in [-0.4, -0.2) is 34.5 Å². The van der Waals surface area contributed by atoms with Crippen LogP contribution in [0.4, 0.5) is 0 Å². The van der Waals surface area contributed by atoms with Gasteiger partial charge in [0.2, 0.25) is 5.78 Å². The van der Waals surface area contributed by atoms with Crippen molar-refractivity contribution < 1.29 is 19.4 Å². The van der Waals surface area contributed by atoms with Gasteiger partial charge in [0.05, 0.1) is 5.56 Å². The molecule has 0 saturated carbocycles. The number of fused-ring (bicyclic) bond motifs is 1. The molecule has 5 nitrogen and oxygen atoms in total. The highest BCUT2D eigenvalue weighted by Gasteiger charge is 2.59. The number of benzene rings is 1. The first-order valence-electron chi connectivity index (χ1n) is 8.41. The van der Waals surface area contributed by atoms with Gasteiger partial charge in [0, 0.05) is 23.8 Å². The smallest absolute Gasteiger partial charge is 0.272 e. The molecular formula is C19H23NO4. The number of ketones is 1. The number of Topliss-reactive ketones (excluding diaryl/α,β-unsaturated/α-hetero) is 1. The van der Waals surface area contributed by atoms with Gasteiger partial charge >= 0.3 is 0 Å². The van der Waals surface area contributed by atoms with Crippen molar-refractivity contribution in [3.63, 3.8) is 0 Å². The van der Waals surface area contributed by atoms with Crippen LogP contribution in [0.25, 0.3) is 0 Å². The van der Waals surface area contributed by atoms with Gasteiger partial charge in [-0.25, -0.2) is 0 Å². The monoisotopic (exact) mass is 329 g/mol. The fourth-order valence-corrected chi connectivity index (χ4v) is 3.61. The Bertz CT molecular complexity index is 765. The lowest BCUT2D eigenvalue weighted by Gasteiger charge is -2.31. The Kier molecular flexibility index (Phi) is 3.90. The van der Waals surface area contributed by atoms with Gasteiger partial charge < -0.3 is 9.84 Å². The Morgan fingerprint density at radius 1 is 1.21 bits per heavy atom. The van der Waals surface area contributed by atoms with E-state index in [1.165, 1.54) is 4.90 Å². The number of carbonyl (C=O) groups excluding carboxylic acids is 2. The zero-order chi connectivity index (χ0) is 17.6. The number of likely N-dealkylation sites (N-methyl/N-ethyl adjacent to an activating group) is 1. The third kappa shape index (κ3) is 2.00. The number of carbonyl (C=O) groups is 2. The minimum absolute atomic E-state index is 0.139. The number of nitrogens with zero attached hydrogens (tertiary/aromatic N) is 1. The van der Waals surface area contributed by atoms with Crippen molar-refractivity contribution >= 4 is 11.7 Å². The number of aromatic hydroxyl groups is 1. The lowest BCUT2D eigenvalue weighted by Crippen LogP contribution is -2.53. The molecular weight excluding hydrogens is 306 g/mol. The molecule has 24 heavy (non-hydrogen) atoms. The Hall–Kier alpha value is -2.30. The van der Waals surface area contributed by atoms with Crippen molar-refractivity contribution in [1.82, 2.24) is 4.90 Å². The largest absolute Gasteiger partial charge is 0.508 e. The fraction of sp³-hybridized carbons (Fsp3) is 0.474. The van der Waals surface area contributed by atoms with Crippen LogP contribution in [0.5, 0.6) is 11.5 Å². The minimum Gasteiger partial charge on any atom is -0.508 e. The molecule has 0 aromatic heterocycles. The van der Waals surface area contributed by atoms with Crippen molar-refractivity contribution in [2.75, 3.05) is 7.05 Å². The van der Waals surface area contributed by atoms with Crippen LogP contribution in [0.1, 0.15) is 56.0 Å². The van der Waals surface area contributed by atoms with Crippen LogP contribution in [0, 0.1) is 0 Å². The van der Waals surface area contributed by atoms with Crippen molar-refractivity contribution in [2.45, 2.75) is 52.2 Å². The number of unbranched alkanes of at least 4 members (excludes halogenated alkanes) is 2. The van der Waals surface area contributed by atoms with E-state index >= 15 is 0 Å². The fourth-order valence-electron chi connectivity index (χ4n) is 3.61. The lowest BCUT2D eigenvalue weighted by molar-refractivity contribution is -0.132. The Labute approximate surface area is 141 Å². The normalized spacial score (nSPS) is 22.6. The van der Waals surface area contributed by atoms with Gasteiger partial charge in [-0.3, -0.25) is 14.5 Å². The molecule has 3 rings (SSSR count). The van der Waals surface area contributed by atoms with E-state index in [0.29, 0.717) is 34.4 Å². The van der Waals surface area contributed by atoms with Crippen LogP contribution in [-0.2, 0) is 11.2 Å². The molecule has 128 valence electrons. The number of phenols is 1. The van der Waals surface area contributed by atoms with E-state index in [9.17, 15) is 14.7 Å². The summed E-state index contributed by atoms with van der Waals surface area (Å²) in [5.74, 6) is 0.120. The van der Waals surface area contributed by atoms with Crippen molar-refractivity contribution in [1.29, 1.82) is 0 Å². The van der Waals surface area contributed by atoms with Crippen LogP contribution < -0.4 is 4.74 Å². The van der Waals surface area contributed by atoms with Crippen LogP contribution >= 0.6 is 0 Å². The third-order valence-electron chi connectivity index (χ3n) is 5.24. The number of phenolic OH excluding ortho intramolecular Hbond substituents is 1. The molecule has 1 aromatic carbocycles. The molecule has 0 aliphatic carbocycles. The first-order chi connectivity index (χ1) is 11.4. The molecule has 0 unspecified atom stereocenters. The maximum atomic E-state index is 13.1. The predicted molar refractivity (Wildman–Crippen MR) is 90.2 cm³/mol. The SMILES string of the molecule is CCCCCc1c(O)ccc2c1O[C@]1(C2=O)C(C)=C(C)C(=O)N1C. The summed E-state index contributed by atoms with van der Waals surface area (Å²) >= 11 is 0. The van der Waals surface area contributed by atoms with E-state index in [2.05, 4.69) is 6.92 Å². The molecule has 2 aliphatic rings. The molecule has 1 amide bonds. The predicted octanol–water partition coefficient (Wildman–Crippen LogP) is 3.20. The molecule has 1 N–H and O–H groups in total. The Balaban J connectivity index is 2.08. The minimum atomic E-state index is -1.39. The maximum absolute atomic E-state index is 13.1. The summed E-state index contributed by atoms with van der Waals surface area (Å²) in [6, 6.07) is 3.13. The molecule has 1 aromatic rings. The zero-order valence-corrected chi connectivity index (χ0v) is 14.6. The van der Waals surface area contributed by atoms with Gasteiger partial charge in [-0.05, 0) is 38.8 Å². The lowest BCUT2D eigenvalue weighted by atomic mass is 9.94. The van der Waals surface area contributed by atoms with E-state index in [-0.39, 0.29) is 17.4 Å². The van der Waals surface area contributed by atoms with E-state index in [0.717, 1.165) is 19.3 Å². The van der Waals surface area contributed by atoms with E-state index < -0.39 is 5.72 Å². The summed E-state index contributed by atoms with van der Waals surface area (Å²) in [5.41, 5.74) is 0.861. The molecule has 5 heteroatoms. The average Bonchev–Trinajstić information content (AvgIpc) is 2.95. The number of hydrogen-bond acceptors (Lipinski definition) is 4. The summed E-state index contributed by atoms with van der Waals surface area (Å²) in [4.78, 5) is 26.8. The second kappa shape index (κ2) is 5.65. The number of amides is 1. The van der Waals surface area contributed by atoms with Gasteiger partial charge in [-0.2, -0.15) is 0 Å². The summed E-state index contributed by atoms with van der Waals surface area (Å²) < 4.78 is 6.11. The molecule has 0 bridgehead atoms. The molecule has 0 fully saturated rings. The summed E-state index contributed by atoms with van der Waals surface area (Å²) in [6.07, 6.45) is 3.66. The molecule has 0 saturated heterocycles. The first-order valence-corrected chi connectivity index (χ1v) is 8.41. The van der Waals surface area contributed by atoms with E-state index in [1.807, 2.05) is 0 Å². The number of rotatable bonds is 4. The Morgan fingerprint density at radius 2 is 1.92 bits per heavy atom. The topological polar surface area (TPSA) is 66.8 Å². The number of ether oxygens (including phenoxy) is 1. The van der Waals surface area contributed by atoms with Crippen molar-refractivity contribution in [3.8, 4) is 11.5 Å². The molecule has 1 spiro atoms. The summed E-state index contributed by atoms with van der Waals surface area (Å²) in [5, 5.41) is 10.2. The zero-order valence-electron chi connectivity index (χ0n) is 14.6. The summed E-state index contributed by atoms with van der Waals surface area (Å²) in [6.45, 7) is 5.58. The second-order valence-corrected chi connectivity index (χ2v) is 6.59. The number of hydrogen-bond donors (Lipinski definition) is 1. The molecule has 1 atom stereocenters. The van der Waals surface area contributed by atoms with E-state index in [1.54, 1.807) is 33.0 Å². The van der Waals surface area contributed by atoms with Gasteiger partial charge in [0.1, 0.15) is 11.5 Å². The van der Waals surface area contributed by atoms with Gasteiger partial charge in [-0.1, -0.05) is 19.8 Å². The van der Waals surface area contributed by atoms with Gasteiger partial charge in [0.15, 0.2) is 0 Å². The maximum Gasteiger partial charge on any atom is 0.272 e. The molecule has 2 heterocycles. The standard InChI is InChI=1S/C19H23NO4/c1-5-6-7-8-13-15(21)10-9-14-16(13)24-19(17(14)22)12(3)11(2)18(23)20(19)4/h9-10,21H,5-8H2,1-4H3/t19-/m0/s1. The summed E-state index contributed by atoms with van der Waals surface area (Å²) in [7, 11) is 1.59. The first kappa shape index (κ1) is 16.6. The van der Waals surface area contributed by atoms with Crippen molar-refractivity contribution in [3.05, 3.63) is 34.4 Å². The van der Waals surface area contributed by atoms with Crippen molar-refractivity contribution in [2.24, 2.45) is 0 Å². The Morgan fingerprint density at radius 3 is 2.50 bits per heavy atom. The highest BCUT2D eigenvalue weighted by molar-refractivity contribution is 6.15. The van der Waals surface area contributed by atoms with Gasteiger partial charge in [-0.15, -0.1) is 0 Å². The van der Waals surface area contributed by atoms with Crippen LogP contribution in [0.15, 0.2) is 23.3 Å². The van der Waals surface area contributed by atoms with Crippen LogP contribution in [0.2, 0.25) is 0 Å². The van der Waals surface area contributed by atoms with Crippen LogP contribution in [0.3, 0.4) is 0 Å². The van der Waals surface area contributed by atoms with Gasteiger partial charge in [0.25, 0.3) is 11.6 Å². The molecule has 2 aliphatic heterocycles. The molecule has 0 radical (unpaired) electrons. The second-order valence-electron chi connectivity index (χ2n) is 6.59. The highest BCUT2D eigenvalue weighted by Crippen LogP contribution is 2.48.